The second-order valence-electron chi connectivity index (χ2n) is 4.44. The number of hydrogen-bond acceptors (Lipinski definition) is 3. The molecule has 90 valence electrons. The summed E-state index contributed by atoms with van der Waals surface area (Å²) in [5.74, 6) is 0.456. The van der Waals surface area contributed by atoms with Crippen LogP contribution in [0.1, 0.15) is 42.9 Å². The highest BCUT2D eigenvalue weighted by Crippen LogP contribution is 2.17. The molecule has 0 aliphatic heterocycles. The average Bonchev–Trinajstić information content (AvgIpc) is 2.44. The van der Waals surface area contributed by atoms with E-state index in [1.165, 1.54) is 0 Å². The predicted octanol–water partition coefficient (Wildman–Crippen LogP) is 2.43. The van der Waals surface area contributed by atoms with Gasteiger partial charge in [0.2, 0.25) is 5.76 Å². The number of hydrogen-bond donors (Lipinski definition) is 1. The Labute approximate surface area is 100 Å². The van der Waals surface area contributed by atoms with E-state index < -0.39 is 5.54 Å². The van der Waals surface area contributed by atoms with Gasteiger partial charge in [0.1, 0.15) is 0 Å². The third kappa shape index (κ3) is 2.76. The predicted molar refractivity (Wildman–Crippen MR) is 62.8 cm³/mol. The molecule has 0 aliphatic carbocycles. The number of aryl methyl sites for hydroxylation is 2. The molecule has 0 radical (unpaired) electrons. The van der Waals surface area contributed by atoms with Crippen LogP contribution in [0.5, 0.6) is 0 Å². The quantitative estimate of drug-likeness (QED) is 0.831. The molecule has 1 unspecified atom stereocenters. The zero-order chi connectivity index (χ0) is 12.5. The fraction of sp³-hybridized carbons (Fsp3) is 0.636. The van der Waals surface area contributed by atoms with Gasteiger partial charge in [-0.25, -0.2) is 4.98 Å². The van der Waals surface area contributed by atoms with Crippen LogP contribution < -0.4 is 5.32 Å². The van der Waals surface area contributed by atoms with Crippen LogP contribution in [0.3, 0.4) is 0 Å². The van der Waals surface area contributed by atoms with Gasteiger partial charge in [-0.2, -0.15) is 0 Å². The largest absolute Gasteiger partial charge is 0.436 e. The van der Waals surface area contributed by atoms with Crippen molar-refractivity contribution in [1.82, 2.24) is 10.3 Å². The summed E-state index contributed by atoms with van der Waals surface area (Å²) in [5.41, 5.74) is 0.0965. The zero-order valence-corrected chi connectivity index (χ0v) is 11.0. The third-order valence-corrected chi connectivity index (χ3v) is 3.09. The summed E-state index contributed by atoms with van der Waals surface area (Å²) in [4.78, 5) is 15.9. The van der Waals surface area contributed by atoms with Crippen molar-refractivity contribution in [1.29, 1.82) is 0 Å². The summed E-state index contributed by atoms with van der Waals surface area (Å²) in [6.07, 6.45) is 0. The molecule has 0 saturated carbocycles. The minimum atomic E-state index is -0.494. The molecule has 1 rings (SSSR count). The maximum absolute atomic E-state index is 11.9. The first kappa shape index (κ1) is 13.0. The fourth-order valence-corrected chi connectivity index (χ4v) is 1.25. The number of rotatable bonds is 3. The molecule has 1 N–H and O–H groups in total. The van der Waals surface area contributed by atoms with E-state index in [4.69, 9.17) is 16.0 Å². The molecule has 0 fully saturated rings. The maximum atomic E-state index is 11.9. The first-order chi connectivity index (χ1) is 7.24. The fourth-order valence-electron chi connectivity index (χ4n) is 1.19. The summed E-state index contributed by atoms with van der Waals surface area (Å²) in [6.45, 7) is 9.00. The number of carbonyl (C=O) groups excluding carboxylic acids is 1. The van der Waals surface area contributed by atoms with Gasteiger partial charge in [-0.15, -0.1) is 11.6 Å². The SMILES string of the molecule is Cc1nc(C)c(C(=O)NC(C)(C)C(C)Cl)o1. The normalized spacial score (nSPS) is 13.6. The standard InChI is InChI=1S/C11H17ClN2O2/c1-6-9(16-8(3)13-6)10(15)14-11(4,5)7(2)12/h7H,1-5H3,(H,14,15). The molecule has 0 saturated heterocycles. The van der Waals surface area contributed by atoms with Crippen LogP contribution in [0.4, 0.5) is 0 Å². The van der Waals surface area contributed by atoms with Crippen LogP contribution in [0.15, 0.2) is 4.42 Å². The molecular formula is C11H17ClN2O2. The summed E-state index contributed by atoms with van der Waals surface area (Å²) < 4.78 is 5.24. The van der Waals surface area contributed by atoms with Crippen LogP contribution in [-0.4, -0.2) is 21.8 Å². The Bertz CT molecular complexity index is 397. The third-order valence-electron chi connectivity index (χ3n) is 2.54. The van der Waals surface area contributed by atoms with Gasteiger partial charge in [0.15, 0.2) is 5.89 Å². The molecule has 1 heterocycles. The van der Waals surface area contributed by atoms with Gasteiger partial charge in [0, 0.05) is 6.92 Å². The molecule has 1 atom stereocenters. The van der Waals surface area contributed by atoms with E-state index in [-0.39, 0.29) is 17.0 Å². The number of nitrogens with one attached hydrogen (secondary N) is 1. The minimum Gasteiger partial charge on any atom is -0.436 e. The molecule has 5 heteroatoms. The number of aromatic nitrogens is 1. The van der Waals surface area contributed by atoms with E-state index in [9.17, 15) is 4.79 Å². The monoisotopic (exact) mass is 244 g/mol. The van der Waals surface area contributed by atoms with Crippen molar-refractivity contribution < 1.29 is 9.21 Å². The first-order valence-corrected chi connectivity index (χ1v) is 5.58. The molecule has 0 aromatic carbocycles. The van der Waals surface area contributed by atoms with Gasteiger partial charge in [0.05, 0.1) is 16.6 Å². The molecule has 0 aliphatic rings. The highest BCUT2D eigenvalue weighted by Gasteiger charge is 2.28. The molecular weight excluding hydrogens is 228 g/mol. The summed E-state index contributed by atoms with van der Waals surface area (Å²) in [7, 11) is 0. The summed E-state index contributed by atoms with van der Waals surface area (Å²) >= 11 is 5.99. The van der Waals surface area contributed by atoms with Crippen molar-refractivity contribution in [2.45, 2.75) is 45.5 Å². The number of carbonyl (C=O) groups is 1. The lowest BCUT2D eigenvalue weighted by Gasteiger charge is -2.28. The van der Waals surface area contributed by atoms with E-state index in [0.29, 0.717) is 11.6 Å². The Hall–Kier alpha value is -1.03. The summed E-state index contributed by atoms with van der Waals surface area (Å²) in [5, 5.41) is 2.64. The minimum absolute atomic E-state index is 0.180. The number of oxazole rings is 1. The van der Waals surface area contributed by atoms with Crippen LogP contribution in [0.2, 0.25) is 0 Å². The number of nitrogens with zero attached hydrogens (tertiary/aromatic N) is 1. The van der Waals surface area contributed by atoms with Gasteiger partial charge in [-0.1, -0.05) is 0 Å². The van der Waals surface area contributed by atoms with E-state index >= 15 is 0 Å². The van der Waals surface area contributed by atoms with Gasteiger partial charge in [-0.05, 0) is 27.7 Å². The molecule has 0 bridgehead atoms. The average molecular weight is 245 g/mol. The zero-order valence-electron chi connectivity index (χ0n) is 10.2. The van der Waals surface area contributed by atoms with Crippen molar-refractivity contribution in [2.24, 2.45) is 0 Å². The Morgan fingerprint density at radius 1 is 1.50 bits per heavy atom. The van der Waals surface area contributed by atoms with Crippen molar-refractivity contribution in [3.63, 3.8) is 0 Å². The topological polar surface area (TPSA) is 55.1 Å². The lowest BCUT2D eigenvalue weighted by molar-refractivity contribution is 0.0881. The van der Waals surface area contributed by atoms with Crippen molar-refractivity contribution in [3.05, 3.63) is 17.3 Å². The van der Waals surface area contributed by atoms with E-state index in [1.807, 2.05) is 20.8 Å². The molecule has 1 aromatic rings. The van der Waals surface area contributed by atoms with Gasteiger partial charge in [0.25, 0.3) is 5.91 Å². The smallest absolute Gasteiger partial charge is 0.289 e. The van der Waals surface area contributed by atoms with Gasteiger partial charge >= 0.3 is 0 Å². The Balaban J connectivity index is 2.85. The molecule has 1 amide bonds. The lowest BCUT2D eigenvalue weighted by Crippen LogP contribution is -2.49. The van der Waals surface area contributed by atoms with Gasteiger partial charge < -0.3 is 9.73 Å². The Kier molecular flexibility index (Phi) is 3.63. The van der Waals surface area contributed by atoms with Crippen LogP contribution >= 0.6 is 11.6 Å². The van der Waals surface area contributed by atoms with Crippen LogP contribution in [0, 0.1) is 13.8 Å². The van der Waals surface area contributed by atoms with Gasteiger partial charge in [-0.3, -0.25) is 4.79 Å². The van der Waals surface area contributed by atoms with Crippen molar-refractivity contribution >= 4 is 17.5 Å². The molecule has 4 nitrogen and oxygen atoms in total. The van der Waals surface area contributed by atoms with Crippen LogP contribution in [-0.2, 0) is 0 Å². The van der Waals surface area contributed by atoms with E-state index in [0.717, 1.165) is 0 Å². The van der Waals surface area contributed by atoms with E-state index in [2.05, 4.69) is 10.3 Å². The van der Waals surface area contributed by atoms with Crippen molar-refractivity contribution in [2.75, 3.05) is 0 Å². The summed E-state index contributed by atoms with van der Waals surface area (Å²) in [6, 6.07) is 0. The highest BCUT2D eigenvalue weighted by atomic mass is 35.5. The van der Waals surface area contributed by atoms with E-state index in [1.54, 1.807) is 13.8 Å². The first-order valence-electron chi connectivity index (χ1n) is 5.14. The molecule has 0 spiro atoms. The Morgan fingerprint density at radius 2 is 2.06 bits per heavy atom. The second kappa shape index (κ2) is 4.45. The lowest BCUT2D eigenvalue weighted by atomic mass is 10.0. The molecule has 16 heavy (non-hydrogen) atoms. The Morgan fingerprint density at radius 3 is 2.44 bits per heavy atom. The maximum Gasteiger partial charge on any atom is 0.289 e. The number of halogens is 1. The van der Waals surface area contributed by atoms with Crippen LogP contribution in [0.25, 0.3) is 0 Å². The second-order valence-corrected chi connectivity index (χ2v) is 5.09. The number of alkyl halides is 1. The van der Waals surface area contributed by atoms with Crippen molar-refractivity contribution in [3.8, 4) is 0 Å². The highest BCUT2D eigenvalue weighted by molar-refractivity contribution is 6.21. The number of amides is 1. The molecule has 1 aromatic heterocycles.